The molecule has 2 heterocycles. The first-order valence-corrected chi connectivity index (χ1v) is 8.02. The summed E-state index contributed by atoms with van der Waals surface area (Å²) in [7, 11) is 1.73. The van der Waals surface area contributed by atoms with Crippen molar-refractivity contribution in [3.05, 3.63) is 49.6 Å². The van der Waals surface area contributed by atoms with Gasteiger partial charge < -0.3 is 10.2 Å². The van der Waals surface area contributed by atoms with Gasteiger partial charge in [0.05, 0.1) is 8.66 Å². The molecule has 0 spiro atoms. The Kier molecular flexibility index (Phi) is 3.59. The second kappa shape index (κ2) is 5.27. The van der Waals surface area contributed by atoms with Crippen LogP contribution in [0.15, 0.2) is 28.1 Å². The van der Waals surface area contributed by atoms with E-state index < -0.39 is 0 Å². The Bertz CT molecular complexity index is 735. The molecule has 108 valence electrons. The number of carbonyl (C=O) groups excluding carboxylic acids is 2. The predicted octanol–water partition coefficient (Wildman–Crippen LogP) is 4.03. The molecule has 0 fully saturated rings. The number of urea groups is 1. The van der Waals surface area contributed by atoms with Crippen molar-refractivity contribution in [2.75, 3.05) is 12.4 Å². The molecule has 21 heavy (non-hydrogen) atoms. The first-order chi connectivity index (χ1) is 9.95. The van der Waals surface area contributed by atoms with Crippen LogP contribution in [0.3, 0.4) is 0 Å². The van der Waals surface area contributed by atoms with Crippen LogP contribution in [-0.4, -0.2) is 23.8 Å². The van der Waals surface area contributed by atoms with Crippen LogP contribution in [0.4, 0.5) is 10.5 Å². The van der Waals surface area contributed by atoms with Crippen LogP contribution in [0.1, 0.15) is 26.4 Å². The van der Waals surface area contributed by atoms with E-state index in [1.807, 2.05) is 19.1 Å². The van der Waals surface area contributed by atoms with Crippen molar-refractivity contribution in [3.8, 4) is 0 Å². The van der Waals surface area contributed by atoms with E-state index in [9.17, 15) is 9.59 Å². The SMILES string of the molecule is Cc1cc(C(=O)c2ccc3c(c2)CN(C)C(=O)N3)sc1Br. The number of amides is 2. The molecule has 0 saturated carbocycles. The molecule has 1 aliphatic rings. The number of carbonyl (C=O) groups is 2. The summed E-state index contributed by atoms with van der Waals surface area (Å²) in [5.41, 5.74) is 3.44. The molecular formula is C15H13BrN2O2S. The van der Waals surface area contributed by atoms with Gasteiger partial charge in [-0.1, -0.05) is 0 Å². The van der Waals surface area contributed by atoms with Gasteiger partial charge in [-0.25, -0.2) is 4.79 Å². The normalized spacial score (nSPS) is 13.9. The minimum absolute atomic E-state index is 0.0103. The fourth-order valence-corrected chi connectivity index (χ4v) is 3.74. The monoisotopic (exact) mass is 364 g/mol. The standard InChI is InChI=1S/C15H13BrN2O2S/c1-8-5-12(21-14(8)16)13(19)9-3-4-11-10(6-9)7-18(2)15(20)17-11/h3-6H,7H2,1-2H3,(H,17,20). The third kappa shape index (κ3) is 2.61. The topological polar surface area (TPSA) is 49.4 Å². The van der Waals surface area contributed by atoms with Gasteiger partial charge in [0.1, 0.15) is 0 Å². The molecule has 1 aromatic carbocycles. The van der Waals surface area contributed by atoms with E-state index in [1.54, 1.807) is 24.1 Å². The lowest BCUT2D eigenvalue weighted by atomic mass is 10.0. The lowest BCUT2D eigenvalue weighted by Crippen LogP contribution is -2.35. The number of ketones is 1. The number of hydrogen-bond donors (Lipinski definition) is 1. The fourth-order valence-electron chi connectivity index (χ4n) is 2.24. The third-order valence-corrected chi connectivity index (χ3v) is 5.58. The van der Waals surface area contributed by atoms with E-state index in [-0.39, 0.29) is 11.8 Å². The second-order valence-electron chi connectivity index (χ2n) is 5.05. The molecule has 2 aromatic rings. The largest absolute Gasteiger partial charge is 0.323 e. The van der Waals surface area contributed by atoms with Crippen LogP contribution in [0, 0.1) is 6.92 Å². The number of aryl methyl sites for hydroxylation is 1. The molecule has 6 heteroatoms. The van der Waals surface area contributed by atoms with Gasteiger partial charge in [-0.05, 0) is 58.2 Å². The minimum atomic E-state index is -0.126. The van der Waals surface area contributed by atoms with Gasteiger partial charge in [-0.3, -0.25) is 4.79 Å². The van der Waals surface area contributed by atoms with Crippen molar-refractivity contribution in [1.82, 2.24) is 4.90 Å². The molecule has 0 atom stereocenters. The van der Waals surface area contributed by atoms with Crippen LogP contribution in [-0.2, 0) is 6.54 Å². The molecule has 1 aromatic heterocycles. The van der Waals surface area contributed by atoms with Gasteiger partial charge in [0.15, 0.2) is 0 Å². The Hall–Kier alpha value is -1.66. The van der Waals surface area contributed by atoms with Gasteiger partial charge in [-0.15, -0.1) is 11.3 Å². The number of nitrogens with zero attached hydrogens (tertiary/aromatic N) is 1. The lowest BCUT2D eigenvalue weighted by Gasteiger charge is -2.26. The molecule has 0 aliphatic carbocycles. The fraction of sp³-hybridized carbons (Fsp3) is 0.200. The number of benzene rings is 1. The highest BCUT2D eigenvalue weighted by molar-refractivity contribution is 9.11. The number of thiophene rings is 1. The molecule has 1 N–H and O–H groups in total. The van der Waals surface area contributed by atoms with Gasteiger partial charge in [0, 0.05) is 24.8 Å². The van der Waals surface area contributed by atoms with E-state index >= 15 is 0 Å². The summed E-state index contributed by atoms with van der Waals surface area (Å²) in [6, 6.07) is 7.18. The molecule has 0 unspecified atom stereocenters. The summed E-state index contributed by atoms with van der Waals surface area (Å²) in [5.74, 6) is 0.0103. The van der Waals surface area contributed by atoms with Gasteiger partial charge in [-0.2, -0.15) is 0 Å². The van der Waals surface area contributed by atoms with Crippen LogP contribution in [0.5, 0.6) is 0 Å². The minimum Gasteiger partial charge on any atom is -0.323 e. The average molecular weight is 365 g/mol. The maximum Gasteiger partial charge on any atom is 0.321 e. The first kappa shape index (κ1) is 14.3. The van der Waals surface area contributed by atoms with Crippen molar-refractivity contribution in [2.45, 2.75) is 13.5 Å². The third-order valence-electron chi connectivity index (χ3n) is 3.44. The Morgan fingerprint density at radius 2 is 2.14 bits per heavy atom. The summed E-state index contributed by atoms with van der Waals surface area (Å²) >= 11 is 4.89. The molecule has 1 aliphatic heterocycles. The Morgan fingerprint density at radius 1 is 1.38 bits per heavy atom. The van der Waals surface area contributed by atoms with Crippen LogP contribution >= 0.6 is 27.3 Å². The number of anilines is 1. The molecular weight excluding hydrogens is 352 g/mol. The van der Waals surface area contributed by atoms with Crippen LogP contribution in [0.25, 0.3) is 0 Å². The molecule has 3 rings (SSSR count). The average Bonchev–Trinajstić information content (AvgIpc) is 2.79. The van der Waals surface area contributed by atoms with Crippen molar-refractivity contribution in [2.24, 2.45) is 0 Å². The smallest absolute Gasteiger partial charge is 0.321 e. The maximum atomic E-state index is 12.5. The highest BCUT2D eigenvalue weighted by atomic mass is 79.9. The Labute approximate surface area is 134 Å². The van der Waals surface area contributed by atoms with Crippen molar-refractivity contribution in [1.29, 1.82) is 0 Å². The van der Waals surface area contributed by atoms with E-state index in [1.165, 1.54) is 11.3 Å². The summed E-state index contributed by atoms with van der Waals surface area (Å²) in [6.07, 6.45) is 0. The zero-order valence-electron chi connectivity index (χ0n) is 11.6. The highest BCUT2D eigenvalue weighted by Crippen LogP contribution is 2.30. The number of rotatable bonds is 2. The molecule has 2 amide bonds. The van der Waals surface area contributed by atoms with E-state index in [2.05, 4.69) is 21.2 Å². The Balaban J connectivity index is 1.95. The van der Waals surface area contributed by atoms with E-state index in [4.69, 9.17) is 0 Å². The number of fused-ring (bicyclic) bond motifs is 1. The predicted molar refractivity (Wildman–Crippen MR) is 87.1 cm³/mol. The van der Waals surface area contributed by atoms with E-state index in [0.29, 0.717) is 17.0 Å². The van der Waals surface area contributed by atoms with Crippen LogP contribution in [0.2, 0.25) is 0 Å². The summed E-state index contributed by atoms with van der Waals surface area (Å²) in [6.45, 7) is 2.48. The van der Waals surface area contributed by atoms with Gasteiger partial charge >= 0.3 is 6.03 Å². The zero-order valence-corrected chi connectivity index (χ0v) is 14.0. The van der Waals surface area contributed by atoms with Crippen molar-refractivity contribution in [3.63, 3.8) is 0 Å². The number of nitrogens with one attached hydrogen (secondary N) is 1. The molecule has 0 saturated heterocycles. The van der Waals surface area contributed by atoms with Crippen molar-refractivity contribution >= 4 is 44.8 Å². The summed E-state index contributed by atoms with van der Waals surface area (Å²) in [4.78, 5) is 26.4. The van der Waals surface area contributed by atoms with Gasteiger partial charge in [0.2, 0.25) is 5.78 Å². The molecule has 4 nitrogen and oxygen atoms in total. The molecule has 0 bridgehead atoms. The summed E-state index contributed by atoms with van der Waals surface area (Å²) < 4.78 is 0.982. The first-order valence-electron chi connectivity index (χ1n) is 6.41. The lowest BCUT2D eigenvalue weighted by molar-refractivity contribution is 0.104. The zero-order chi connectivity index (χ0) is 15.1. The van der Waals surface area contributed by atoms with Crippen molar-refractivity contribution < 1.29 is 9.59 Å². The highest BCUT2D eigenvalue weighted by Gasteiger charge is 2.21. The number of halogens is 1. The van der Waals surface area contributed by atoms with Gasteiger partial charge in [0.25, 0.3) is 0 Å². The second-order valence-corrected chi connectivity index (χ2v) is 7.42. The molecule has 0 radical (unpaired) electrons. The Morgan fingerprint density at radius 3 is 2.81 bits per heavy atom. The quantitative estimate of drug-likeness (QED) is 0.817. The number of hydrogen-bond acceptors (Lipinski definition) is 3. The van der Waals surface area contributed by atoms with Crippen LogP contribution < -0.4 is 5.32 Å². The summed E-state index contributed by atoms with van der Waals surface area (Å²) in [5, 5.41) is 2.80. The maximum absolute atomic E-state index is 12.5. The van der Waals surface area contributed by atoms with E-state index in [0.717, 1.165) is 20.6 Å².